The van der Waals surface area contributed by atoms with Crippen LogP contribution in [0.1, 0.15) is 78.8 Å². The van der Waals surface area contributed by atoms with Gasteiger partial charge in [-0.25, -0.2) is 5.01 Å². The van der Waals surface area contributed by atoms with Gasteiger partial charge in [-0.3, -0.25) is 14.4 Å². The van der Waals surface area contributed by atoms with Gasteiger partial charge in [0.15, 0.2) is 0 Å². The Hall–Kier alpha value is -2.25. The Morgan fingerprint density at radius 3 is 2.12 bits per heavy atom. The highest BCUT2D eigenvalue weighted by Crippen LogP contribution is 2.33. The number of imide groups is 1. The van der Waals surface area contributed by atoms with Crippen LogP contribution in [0.25, 0.3) is 0 Å². The van der Waals surface area contributed by atoms with Crippen molar-refractivity contribution in [2.45, 2.75) is 63.8 Å². The minimum atomic E-state index is -0.264. The van der Waals surface area contributed by atoms with Crippen LogP contribution in [0, 0.1) is 0 Å². The van der Waals surface area contributed by atoms with Gasteiger partial charge < -0.3 is 9.80 Å². The lowest BCUT2D eigenvalue weighted by Crippen LogP contribution is -2.51. The van der Waals surface area contributed by atoms with Crippen LogP contribution in [0.15, 0.2) is 18.2 Å². The Morgan fingerprint density at radius 2 is 1.44 bits per heavy atom. The predicted molar refractivity (Wildman–Crippen MR) is 121 cm³/mol. The zero-order valence-electron chi connectivity index (χ0n) is 18.9. The summed E-state index contributed by atoms with van der Waals surface area (Å²) in [6.07, 6.45) is 7.58. The van der Waals surface area contributed by atoms with Crippen molar-refractivity contribution in [2.24, 2.45) is 0 Å². The Kier molecular flexibility index (Phi) is 6.28. The lowest BCUT2D eigenvalue weighted by atomic mass is 9.88. The highest BCUT2D eigenvalue weighted by Gasteiger charge is 2.39. The molecular formula is C25H34N4O3. The number of piperidine rings is 3. The van der Waals surface area contributed by atoms with Crippen molar-refractivity contribution in [3.05, 3.63) is 34.9 Å². The fourth-order valence-electron chi connectivity index (χ4n) is 5.71. The van der Waals surface area contributed by atoms with Gasteiger partial charge in [0.2, 0.25) is 11.8 Å². The summed E-state index contributed by atoms with van der Waals surface area (Å²) in [5.74, 6) is -0.254. The lowest BCUT2D eigenvalue weighted by molar-refractivity contribution is -0.163. The third kappa shape index (κ3) is 4.33. The second-order valence-electron chi connectivity index (χ2n) is 9.75. The molecule has 0 saturated carbocycles. The molecular weight excluding hydrogens is 404 g/mol. The normalized spacial score (nSPS) is 23.8. The van der Waals surface area contributed by atoms with E-state index in [2.05, 4.69) is 21.9 Å². The third-order valence-electron chi connectivity index (χ3n) is 7.65. The molecule has 4 aliphatic rings. The van der Waals surface area contributed by atoms with Gasteiger partial charge in [0.05, 0.1) is 6.54 Å². The minimum absolute atomic E-state index is 0.234. The molecule has 0 spiro atoms. The number of benzene rings is 1. The van der Waals surface area contributed by atoms with Gasteiger partial charge in [-0.2, -0.15) is 5.01 Å². The summed E-state index contributed by atoms with van der Waals surface area (Å²) in [5.41, 5.74) is 2.84. The van der Waals surface area contributed by atoms with Gasteiger partial charge in [0.1, 0.15) is 0 Å². The Labute approximate surface area is 190 Å². The number of fused-ring (bicyclic) bond motifs is 1. The molecule has 0 radical (unpaired) electrons. The van der Waals surface area contributed by atoms with E-state index in [4.69, 9.17) is 0 Å². The van der Waals surface area contributed by atoms with Crippen LogP contribution in [-0.2, 0) is 16.1 Å². The molecule has 3 saturated heterocycles. The number of hydrogen-bond donors (Lipinski definition) is 0. The van der Waals surface area contributed by atoms with E-state index < -0.39 is 0 Å². The molecule has 0 aromatic heterocycles. The van der Waals surface area contributed by atoms with E-state index in [0.29, 0.717) is 37.3 Å². The molecule has 172 valence electrons. The van der Waals surface area contributed by atoms with Crippen LogP contribution in [0.5, 0.6) is 0 Å². The van der Waals surface area contributed by atoms with E-state index in [1.165, 1.54) is 49.5 Å². The molecule has 0 atom stereocenters. The van der Waals surface area contributed by atoms with Crippen LogP contribution in [0.3, 0.4) is 0 Å². The second kappa shape index (κ2) is 9.32. The van der Waals surface area contributed by atoms with Gasteiger partial charge in [0.25, 0.3) is 5.91 Å². The molecule has 5 rings (SSSR count). The van der Waals surface area contributed by atoms with E-state index >= 15 is 0 Å². The minimum Gasteiger partial charge on any atom is -0.302 e. The molecule has 0 N–H and O–H groups in total. The molecule has 3 amide bonds. The summed E-state index contributed by atoms with van der Waals surface area (Å²) >= 11 is 0. The average molecular weight is 439 g/mol. The Bertz CT molecular complexity index is 871. The van der Waals surface area contributed by atoms with Gasteiger partial charge in [-0.1, -0.05) is 18.6 Å². The van der Waals surface area contributed by atoms with Crippen LogP contribution < -0.4 is 0 Å². The van der Waals surface area contributed by atoms with Crippen LogP contribution >= 0.6 is 0 Å². The van der Waals surface area contributed by atoms with E-state index in [-0.39, 0.29) is 17.7 Å². The van der Waals surface area contributed by atoms with Crippen LogP contribution in [0.2, 0.25) is 0 Å². The molecule has 0 aliphatic carbocycles. The van der Waals surface area contributed by atoms with E-state index in [0.717, 1.165) is 43.0 Å². The molecule has 3 fully saturated rings. The maximum absolute atomic E-state index is 12.9. The summed E-state index contributed by atoms with van der Waals surface area (Å²) in [5, 5.41) is 2.44. The fraction of sp³-hybridized carbons (Fsp3) is 0.640. The Morgan fingerprint density at radius 1 is 0.781 bits per heavy atom. The molecule has 32 heavy (non-hydrogen) atoms. The zero-order valence-corrected chi connectivity index (χ0v) is 18.9. The average Bonchev–Trinajstić information content (AvgIpc) is 3.14. The summed E-state index contributed by atoms with van der Waals surface area (Å²) in [6.45, 7) is 7.43. The first-order valence-corrected chi connectivity index (χ1v) is 12.4. The molecule has 4 aliphatic heterocycles. The highest BCUT2D eigenvalue weighted by molar-refractivity contribution is 6.04. The van der Waals surface area contributed by atoms with Crippen molar-refractivity contribution in [2.75, 3.05) is 39.3 Å². The first kappa shape index (κ1) is 21.6. The predicted octanol–water partition coefficient (Wildman–Crippen LogP) is 2.76. The van der Waals surface area contributed by atoms with Crippen molar-refractivity contribution in [1.82, 2.24) is 19.8 Å². The number of hydrazine groups is 1. The maximum atomic E-state index is 12.9. The molecule has 7 nitrogen and oxygen atoms in total. The molecule has 1 aromatic rings. The number of hydrogen-bond acceptors (Lipinski definition) is 5. The number of amides is 3. The number of likely N-dealkylation sites (tertiary alicyclic amines) is 2. The maximum Gasteiger partial charge on any atom is 0.273 e. The van der Waals surface area contributed by atoms with Crippen molar-refractivity contribution < 1.29 is 14.4 Å². The quantitative estimate of drug-likeness (QED) is 0.662. The van der Waals surface area contributed by atoms with Gasteiger partial charge >= 0.3 is 0 Å². The Balaban J connectivity index is 1.18. The third-order valence-corrected chi connectivity index (χ3v) is 7.65. The number of carbonyl (C=O) groups excluding carboxylic acids is 3. The summed E-state index contributed by atoms with van der Waals surface area (Å²) in [7, 11) is 0. The SMILES string of the molecule is O=C1c2ccc(C3CCN(CCN4CCCCC4)CC3)cc2CN1N1C(=O)CCCC1=O. The van der Waals surface area contributed by atoms with Crippen LogP contribution in [-0.4, -0.2) is 76.8 Å². The molecule has 1 aromatic carbocycles. The topological polar surface area (TPSA) is 64.2 Å². The fourth-order valence-corrected chi connectivity index (χ4v) is 5.71. The van der Waals surface area contributed by atoms with E-state index in [1.54, 1.807) is 0 Å². The highest BCUT2D eigenvalue weighted by atomic mass is 16.2. The summed E-state index contributed by atoms with van der Waals surface area (Å²) in [6, 6.07) is 6.11. The van der Waals surface area contributed by atoms with Crippen molar-refractivity contribution in [3.63, 3.8) is 0 Å². The first-order chi connectivity index (χ1) is 15.6. The first-order valence-electron chi connectivity index (χ1n) is 12.4. The smallest absolute Gasteiger partial charge is 0.273 e. The van der Waals surface area contributed by atoms with Gasteiger partial charge in [0, 0.05) is 31.5 Å². The summed E-state index contributed by atoms with van der Waals surface area (Å²) in [4.78, 5) is 42.7. The molecule has 0 unspecified atom stereocenters. The monoisotopic (exact) mass is 438 g/mol. The van der Waals surface area contributed by atoms with Gasteiger partial charge in [-0.05, 0) is 81.4 Å². The van der Waals surface area contributed by atoms with E-state index in [1.807, 2.05) is 6.07 Å². The number of rotatable bonds is 5. The zero-order chi connectivity index (χ0) is 22.1. The van der Waals surface area contributed by atoms with Gasteiger partial charge in [-0.15, -0.1) is 0 Å². The largest absolute Gasteiger partial charge is 0.302 e. The molecule has 7 heteroatoms. The van der Waals surface area contributed by atoms with Crippen molar-refractivity contribution in [1.29, 1.82) is 0 Å². The van der Waals surface area contributed by atoms with Crippen molar-refractivity contribution in [3.8, 4) is 0 Å². The molecule has 4 heterocycles. The summed E-state index contributed by atoms with van der Waals surface area (Å²) < 4.78 is 0. The van der Waals surface area contributed by atoms with Crippen LogP contribution in [0.4, 0.5) is 0 Å². The standard InChI is InChI=1S/C25H34N4O3/c30-23-5-4-6-24(31)29(23)28-18-21-17-20(7-8-22(21)25(28)32)19-9-13-27(14-10-19)16-15-26-11-2-1-3-12-26/h7-8,17,19H,1-6,9-16,18H2. The van der Waals surface area contributed by atoms with E-state index in [9.17, 15) is 14.4 Å². The molecule has 0 bridgehead atoms. The number of nitrogens with zero attached hydrogens (tertiary/aromatic N) is 4. The van der Waals surface area contributed by atoms with Crippen molar-refractivity contribution >= 4 is 17.7 Å². The second-order valence-corrected chi connectivity index (χ2v) is 9.75. The number of carbonyl (C=O) groups is 3. The lowest BCUT2D eigenvalue weighted by Gasteiger charge is -2.34.